The first kappa shape index (κ1) is 20.6. The predicted molar refractivity (Wildman–Crippen MR) is 112 cm³/mol. The Morgan fingerprint density at radius 3 is 2.76 bits per heavy atom. The molecule has 0 saturated heterocycles. The number of rotatable bonds is 9. The monoisotopic (exact) mass is 396 g/mol. The third kappa shape index (κ3) is 5.94. The van der Waals surface area contributed by atoms with Gasteiger partial charge in [-0.3, -0.25) is 4.79 Å². The van der Waals surface area contributed by atoms with Crippen LogP contribution in [0.4, 0.5) is 5.95 Å². The number of methoxy groups -OCH3 is 2. The molecular weight excluding hydrogens is 368 g/mol. The van der Waals surface area contributed by atoms with Crippen LogP contribution in [0.5, 0.6) is 11.5 Å². The van der Waals surface area contributed by atoms with Crippen molar-refractivity contribution in [1.29, 1.82) is 0 Å². The van der Waals surface area contributed by atoms with E-state index in [1.54, 1.807) is 26.5 Å². The van der Waals surface area contributed by atoms with Crippen LogP contribution in [0.1, 0.15) is 48.2 Å². The van der Waals surface area contributed by atoms with Gasteiger partial charge >= 0.3 is 0 Å². The van der Waals surface area contributed by atoms with E-state index >= 15 is 0 Å². The Balaban J connectivity index is 1.53. The van der Waals surface area contributed by atoms with Crippen molar-refractivity contribution >= 4 is 11.9 Å². The van der Waals surface area contributed by atoms with Crippen molar-refractivity contribution in [2.45, 2.75) is 38.6 Å². The lowest BCUT2D eigenvalue weighted by atomic mass is 9.97. The summed E-state index contributed by atoms with van der Waals surface area (Å²) in [6, 6.07) is 7.15. The van der Waals surface area contributed by atoms with E-state index in [-0.39, 0.29) is 5.91 Å². The number of hydrogen-bond acceptors (Lipinski definition) is 6. The Kier molecular flexibility index (Phi) is 7.44. The fourth-order valence-corrected chi connectivity index (χ4v) is 3.30. The van der Waals surface area contributed by atoms with Gasteiger partial charge in [0.25, 0.3) is 5.91 Å². The van der Waals surface area contributed by atoms with Crippen molar-refractivity contribution in [2.24, 2.45) is 0 Å². The molecule has 7 heteroatoms. The van der Waals surface area contributed by atoms with Crippen LogP contribution in [0, 0.1) is 0 Å². The van der Waals surface area contributed by atoms with Crippen LogP contribution < -0.4 is 20.1 Å². The maximum absolute atomic E-state index is 12.5. The largest absolute Gasteiger partial charge is 0.493 e. The lowest BCUT2D eigenvalue weighted by Gasteiger charge is -2.13. The zero-order valence-electron chi connectivity index (χ0n) is 17.0. The number of ether oxygens (including phenoxy) is 2. The van der Waals surface area contributed by atoms with Gasteiger partial charge in [-0.1, -0.05) is 17.7 Å². The number of hydrogen-bond donors (Lipinski definition) is 2. The van der Waals surface area contributed by atoms with E-state index in [1.165, 1.54) is 31.3 Å². The van der Waals surface area contributed by atoms with Crippen molar-refractivity contribution < 1.29 is 14.3 Å². The molecule has 1 heterocycles. The van der Waals surface area contributed by atoms with Crippen LogP contribution in [0.25, 0.3) is 0 Å². The molecule has 154 valence electrons. The number of anilines is 1. The standard InChI is InChI=1S/C22H28N4O3/c1-28-19-9-8-17(14-20(19)29-2)15-25-21(27)18-11-13-24-22(26-18)23-12-10-16-6-4-3-5-7-16/h6,8-9,11,13-14H,3-5,7,10,12,15H2,1-2H3,(H,25,27)(H,23,24,26). The third-order valence-corrected chi connectivity index (χ3v) is 4.90. The first-order valence-electron chi connectivity index (χ1n) is 9.93. The molecule has 0 atom stereocenters. The molecule has 2 N–H and O–H groups in total. The Morgan fingerprint density at radius 1 is 1.14 bits per heavy atom. The highest BCUT2D eigenvalue weighted by atomic mass is 16.5. The number of benzene rings is 1. The van der Waals surface area contributed by atoms with E-state index in [9.17, 15) is 4.79 Å². The summed E-state index contributed by atoms with van der Waals surface area (Å²) in [5.74, 6) is 1.50. The fraction of sp³-hybridized carbons (Fsp3) is 0.409. The Morgan fingerprint density at radius 2 is 2.00 bits per heavy atom. The van der Waals surface area contributed by atoms with Gasteiger partial charge in [-0.15, -0.1) is 0 Å². The molecule has 1 amide bonds. The minimum atomic E-state index is -0.250. The van der Waals surface area contributed by atoms with Gasteiger partial charge in [0.05, 0.1) is 14.2 Å². The van der Waals surface area contributed by atoms with Crippen LogP contribution in [0.2, 0.25) is 0 Å². The molecule has 3 rings (SSSR count). The first-order chi connectivity index (χ1) is 14.2. The van der Waals surface area contributed by atoms with E-state index in [0.717, 1.165) is 18.5 Å². The second-order valence-corrected chi connectivity index (χ2v) is 6.92. The molecule has 0 unspecified atom stereocenters. The van der Waals surface area contributed by atoms with Crippen LogP contribution in [-0.2, 0) is 6.54 Å². The van der Waals surface area contributed by atoms with Gasteiger partial charge in [0.2, 0.25) is 5.95 Å². The molecule has 1 aromatic carbocycles. The molecule has 0 bridgehead atoms. The Labute approximate surface area is 171 Å². The van der Waals surface area contributed by atoms with Crippen molar-refractivity contribution in [3.8, 4) is 11.5 Å². The van der Waals surface area contributed by atoms with E-state index in [0.29, 0.717) is 29.7 Å². The highest BCUT2D eigenvalue weighted by Crippen LogP contribution is 2.27. The molecule has 2 aromatic rings. The van der Waals surface area contributed by atoms with Crippen LogP contribution >= 0.6 is 0 Å². The normalized spacial score (nSPS) is 13.4. The average molecular weight is 396 g/mol. The summed E-state index contributed by atoms with van der Waals surface area (Å²) < 4.78 is 10.5. The van der Waals surface area contributed by atoms with E-state index < -0.39 is 0 Å². The molecule has 0 aliphatic heterocycles. The first-order valence-corrected chi connectivity index (χ1v) is 9.93. The van der Waals surface area contributed by atoms with Crippen molar-refractivity contribution in [2.75, 3.05) is 26.1 Å². The van der Waals surface area contributed by atoms with E-state index in [1.807, 2.05) is 18.2 Å². The molecule has 1 aliphatic rings. The minimum absolute atomic E-state index is 0.250. The number of aromatic nitrogens is 2. The van der Waals surface area contributed by atoms with Gasteiger partial charge in [-0.25, -0.2) is 9.97 Å². The summed E-state index contributed by atoms with van der Waals surface area (Å²) in [5, 5.41) is 6.09. The van der Waals surface area contributed by atoms with Gasteiger partial charge in [0.1, 0.15) is 5.69 Å². The lowest BCUT2D eigenvalue weighted by molar-refractivity contribution is 0.0946. The van der Waals surface area contributed by atoms with Crippen molar-refractivity contribution in [1.82, 2.24) is 15.3 Å². The summed E-state index contributed by atoms with van der Waals surface area (Å²) in [6.07, 6.45) is 9.85. The molecule has 7 nitrogen and oxygen atoms in total. The zero-order valence-corrected chi connectivity index (χ0v) is 17.0. The topological polar surface area (TPSA) is 85.4 Å². The average Bonchev–Trinajstić information content (AvgIpc) is 2.78. The maximum atomic E-state index is 12.5. The number of allylic oxidation sites excluding steroid dienone is 1. The molecule has 0 spiro atoms. The van der Waals surface area contributed by atoms with Gasteiger partial charge < -0.3 is 20.1 Å². The zero-order chi connectivity index (χ0) is 20.5. The number of carbonyl (C=O) groups is 1. The number of nitrogens with one attached hydrogen (secondary N) is 2. The molecule has 0 fully saturated rings. The minimum Gasteiger partial charge on any atom is -0.493 e. The highest BCUT2D eigenvalue weighted by Gasteiger charge is 2.10. The lowest BCUT2D eigenvalue weighted by Crippen LogP contribution is -2.24. The van der Waals surface area contributed by atoms with Gasteiger partial charge in [-0.05, 0) is 55.9 Å². The molecule has 1 aliphatic carbocycles. The predicted octanol–water partition coefficient (Wildman–Crippen LogP) is 3.73. The third-order valence-electron chi connectivity index (χ3n) is 4.90. The number of nitrogens with zero attached hydrogens (tertiary/aromatic N) is 2. The summed E-state index contributed by atoms with van der Waals surface area (Å²) in [4.78, 5) is 21.0. The second kappa shape index (κ2) is 10.5. The summed E-state index contributed by atoms with van der Waals surface area (Å²) in [6.45, 7) is 1.13. The number of carbonyl (C=O) groups excluding carboxylic acids is 1. The Bertz CT molecular complexity index is 867. The van der Waals surface area contributed by atoms with E-state index in [2.05, 4.69) is 26.7 Å². The fourth-order valence-electron chi connectivity index (χ4n) is 3.30. The summed E-state index contributed by atoms with van der Waals surface area (Å²) in [7, 11) is 3.17. The van der Waals surface area contributed by atoms with E-state index in [4.69, 9.17) is 9.47 Å². The van der Waals surface area contributed by atoms with Gasteiger partial charge in [0, 0.05) is 19.3 Å². The molecule has 0 radical (unpaired) electrons. The Hall–Kier alpha value is -3.09. The van der Waals surface area contributed by atoms with Crippen LogP contribution in [-0.4, -0.2) is 36.6 Å². The highest BCUT2D eigenvalue weighted by molar-refractivity contribution is 5.92. The summed E-state index contributed by atoms with van der Waals surface area (Å²) >= 11 is 0. The van der Waals surface area contributed by atoms with Gasteiger partial charge in [-0.2, -0.15) is 0 Å². The maximum Gasteiger partial charge on any atom is 0.270 e. The molecule has 29 heavy (non-hydrogen) atoms. The summed E-state index contributed by atoms with van der Waals surface area (Å²) in [5.41, 5.74) is 2.73. The number of amides is 1. The molecule has 0 saturated carbocycles. The van der Waals surface area contributed by atoms with Crippen LogP contribution in [0.3, 0.4) is 0 Å². The van der Waals surface area contributed by atoms with Crippen molar-refractivity contribution in [3.05, 3.63) is 53.4 Å². The molecule has 1 aromatic heterocycles. The van der Waals surface area contributed by atoms with Crippen LogP contribution in [0.15, 0.2) is 42.1 Å². The SMILES string of the molecule is COc1ccc(CNC(=O)c2ccnc(NCCC3=CCCCC3)n2)cc1OC. The smallest absolute Gasteiger partial charge is 0.270 e. The van der Waals surface area contributed by atoms with Gasteiger partial charge in [0.15, 0.2) is 11.5 Å². The molecular formula is C22H28N4O3. The quantitative estimate of drug-likeness (QED) is 0.628. The second-order valence-electron chi connectivity index (χ2n) is 6.92. The van der Waals surface area contributed by atoms with Crippen molar-refractivity contribution in [3.63, 3.8) is 0 Å².